The maximum atomic E-state index is 14.1. The van der Waals surface area contributed by atoms with E-state index in [4.69, 9.17) is 9.47 Å². The number of esters is 1. The first-order valence-electron chi connectivity index (χ1n) is 16.3. The van der Waals surface area contributed by atoms with Crippen molar-refractivity contribution in [3.63, 3.8) is 0 Å². The molecule has 0 unspecified atom stereocenters. The van der Waals surface area contributed by atoms with E-state index in [9.17, 15) is 27.9 Å². The van der Waals surface area contributed by atoms with E-state index in [0.717, 1.165) is 21.0 Å². The average molecular weight is 700 g/mol. The number of carboxylic acid groups (broad SMARTS) is 1. The Labute approximate surface area is 292 Å². The van der Waals surface area contributed by atoms with Gasteiger partial charge in [-0.15, -0.1) is 0 Å². The Kier molecular flexibility index (Phi) is 11.9. The Morgan fingerprint density at radius 3 is 2.04 bits per heavy atom. The minimum atomic E-state index is -3.98. The molecule has 0 aromatic heterocycles. The third-order valence-electron chi connectivity index (χ3n) is 8.66. The lowest BCUT2D eigenvalue weighted by Crippen LogP contribution is -2.46. The zero-order valence-electron chi connectivity index (χ0n) is 28.1. The molecule has 0 atom stereocenters. The van der Waals surface area contributed by atoms with Crippen LogP contribution in [-0.2, 0) is 32.8 Å². The molecule has 1 saturated heterocycles. The molecule has 11 nitrogen and oxygen atoms in total. The van der Waals surface area contributed by atoms with E-state index in [1.165, 1.54) is 29.0 Å². The summed E-state index contributed by atoms with van der Waals surface area (Å²) in [5, 5.41) is 9.44. The number of anilines is 1. The Bertz CT molecular complexity index is 1880. The number of amides is 2. The molecule has 4 aromatic rings. The van der Waals surface area contributed by atoms with Gasteiger partial charge in [-0.05, 0) is 61.1 Å². The van der Waals surface area contributed by atoms with Gasteiger partial charge in [0.2, 0.25) is 15.9 Å². The minimum absolute atomic E-state index is 0.0565. The molecule has 1 fully saturated rings. The van der Waals surface area contributed by atoms with Gasteiger partial charge in [-0.3, -0.25) is 4.79 Å². The van der Waals surface area contributed by atoms with Gasteiger partial charge in [0.05, 0.1) is 11.4 Å². The third kappa shape index (κ3) is 9.27. The van der Waals surface area contributed by atoms with Crippen molar-refractivity contribution in [1.29, 1.82) is 0 Å². The zero-order chi connectivity index (χ0) is 35.7. The Balaban J connectivity index is 1.44. The minimum Gasteiger partial charge on any atom is -0.488 e. The number of likely N-dealkylation sites (N-methyl/N-ethyl adjacent to an activating group) is 1. The highest BCUT2D eigenvalue weighted by Gasteiger charge is 2.30. The number of aryl methyl sites for hydroxylation is 1. The molecular weight excluding hydrogens is 658 g/mol. The van der Waals surface area contributed by atoms with E-state index in [1.807, 2.05) is 67.6 Å². The Morgan fingerprint density at radius 1 is 0.840 bits per heavy atom. The first-order valence-corrected chi connectivity index (χ1v) is 17.8. The van der Waals surface area contributed by atoms with Crippen molar-refractivity contribution >= 4 is 33.7 Å². The molecule has 12 heteroatoms. The number of hydrogen-bond acceptors (Lipinski definition) is 7. The average Bonchev–Trinajstić information content (AvgIpc) is 3.13. The standard InChI is InChI=1S/C38H41N3O8S/c1-28-13-16-33(17-14-28)50(46,47)39(2)25-36(42)41(24-29-19-21-40(22-20-29)38(44)45)32-15-18-34(37(43)49-27-31-11-7-4-8-12-31)35(23-32)48-26-30-9-5-3-6-10-30/h3-18,23,29H,19-22,24-27H2,1-2H3,(H,44,45). The van der Waals surface area contributed by atoms with E-state index < -0.39 is 34.5 Å². The fourth-order valence-electron chi connectivity index (χ4n) is 5.67. The van der Waals surface area contributed by atoms with Crippen molar-refractivity contribution in [2.24, 2.45) is 5.92 Å². The smallest absolute Gasteiger partial charge is 0.407 e. The van der Waals surface area contributed by atoms with Gasteiger partial charge in [-0.2, -0.15) is 4.31 Å². The largest absolute Gasteiger partial charge is 0.488 e. The van der Waals surface area contributed by atoms with Gasteiger partial charge < -0.3 is 24.4 Å². The van der Waals surface area contributed by atoms with Crippen molar-refractivity contribution in [3.8, 4) is 5.75 Å². The first kappa shape index (κ1) is 36.1. The van der Waals surface area contributed by atoms with Gasteiger partial charge in [0.25, 0.3) is 0 Å². The van der Waals surface area contributed by atoms with Crippen LogP contribution in [0.2, 0.25) is 0 Å². The predicted octanol–water partition coefficient (Wildman–Crippen LogP) is 5.97. The van der Waals surface area contributed by atoms with E-state index in [2.05, 4.69) is 0 Å². The molecular formula is C38H41N3O8S. The van der Waals surface area contributed by atoms with Crippen LogP contribution < -0.4 is 9.64 Å². The fourth-order valence-corrected chi connectivity index (χ4v) is 6.79. The van der Waals surface area contributed by atoms with Crippen molar-refractivity contribution in [3.05, 3.63) is 125 Å². The molecule has 1 aliphatic heterocycles. The van der Waals surface area contributed by atoms with Crippen LogP contribution in [0.25, 0.3) is 0 Å². The predicted molar refractivity (Wildman–Crippen MR) is 188 cm³/mol. The van der Waals surface area contributed by atoms with Crippen molar-refractivity contribution in [1.82, 2.24) is 9.21 Å². The van der Waals surface area contributed by atoms with Crippen molar-refractivity contribution in [2.45, 2.75) is 37.9 Å². The highest BCUT2D eigenvalue weighted by molar-refractivity contribution is 7.89. The monoisotopic (exact) mass is 699 g/mol. The number of sulfonamides is 1. The molecule has 262 valence electrons. The van der Waals surface area contributed by atoms with Crippen LogP contribution in [0.4, 0.5) is 10.5 Å². The fraction of sp³-hybridized carbons (Fsp3) is 0.289. The maximum absolute atomic E-state index is 14.1. The normalized spacial score (nSPS) is 13.5. The van der Waals surface area contributed by atoms with Gasteiger partial charge in [-0.25, -0.2) is 18.0 Å². The number of ether oxygens (including phenoxy) is 2. The van der Waals surface area contributed by atoms with Crippen LogP contribution in [0, 0.1) is 12.8 Å². The van der Waals surface area contributed by atoms with Crippen LogP contribution >= 0.6 is 0 Å². The third-order valence-corrected chi connectivity index (χ3v) is 10.5. The van der Waals surface area contributed by atoms with Crippen molar-refractivity contribution in [2.75, 3.05) is 38.1 Å². The highest BCUT2D eigenvalue weighted by Crippen LogP contribution is 2.30. The second-order valence-corrected chi connectivity index (χ2v) is 14.4. The summed E-state index contributed by atoms with van der Waals surface area (Å²) < 4.78 is 39.6. The van der Waals surface area contributed by atoms with Crippen LogP contribution in [-0.4, -0.2) is 73.9 Å². The van der Waals surface area contributed by atoms with Gasteiger partial charge in [0, 0.05) is 38.4 Å². The van der Waals surface area contributed by atoms with Gasteiger partial charge >= 0.3 is 12.1 Å². The van der Waals surface area contributed by atoms with E-state index in [1.54, 1.807) is 30.3 Å². The van der Waals surface area contributed by atoms with Crippen LogP contribution in [0.1, 0.15) is 39.9 Å². The Morgan fingerprint density at radius 2 is 1.44 bits per heavy atom. The first-order chi connectivity index (χ1) is 24.0. The summed E-state index contributed by atoms with van der Waals surface area (Å²) in [6.07, 6.45) is 0.0539. The topological polar surface area (TPSA) is 134 Å². The zero-order valence-corrected chi connectivity index (χ0v) is 28.9. The summed E-state index contributed by atoms with van der Waals surface area (Å²) in [6, 6.07) is 29.9. The number of hydrogen-bond donors (Lipinski definition) is 1. The number of nitrogens with zero attached hydrogens (tertiary/aromatic N) is 3. The molecule has 0 saturated carbocycles. The molecule has 1 heterocycles. The molecule has 0 radical (unpaired) electrons. The highest BCUT2D eigenvalue weighted by atomic mass is 32.2. The summed E-state index contributed by atoms with van der Waals surface area (Å²) in [4.78, 5) is 41.9. The summed E-state index contributed by atoms with van der Waals surface area (Å²) in [6.45, 7) is 2.45. The Hall–Kier alpha value is -5.20. The van der Waals surface area contributed by atoms with Gasteiger partial charge in [0.15, 0.2) is 0 Å². The van der Waals surface area contributed by atoms with Crippen molar-refractivity contribution < 1.29 is 37.4 Å². The second kappa shape index (κ2) is 16.5. The molecule has 0 bridgehead atoms. The van der Waals surface area contributed by atoms with Crippen LogP contribution in [0.15, 0.2) is 108 Å². The van der Waals surface area contributed by atoms with Crippen LogP contribution in [0.3, 0.4) is 0 Å². The van der Waals surface area contributed by atoms with E-state index in [0.29, 0.717) is 31.6 Å². The molecule has 5 rings (SSSR count). The lowest BCUT2D eigenvalue weighted by Gasteiger charge is -2.34. The van der Waals surface area contributed by atoms with Gasteiger partial charge in [0.1, 0.15) is 24.5 Å². The van der Waals surface area contributed by atoms with Gasteiger partial charge in [-0.1, -0.05) is 78.4 Å². The summed E-state index contributed by atoms with van der Waals surface area (Å²) in [5.41, 5.74) is 3.16. The summed E-state index contributed by atoms with van der Waals surface area (Å²) in [5.74, 6) is -0.954. The summed E-state index contributed by atoms with van der Waals surface area (Å²) in [7, 11) is -2.63. The van der Waals surface area contributed by atoms with E-state index in [-0.39, 0.29) is 41.9 Å². The number of carbonyl (C=O) groups is 3. The summed E-state index contributed by atoms with van der Waals surface area (Å²) >= 11 is 0. The quantitative estimate of drug-likeness (QED) is 0.169. The van der Waals surface area contributed by atoms with Crippen LogP contribution in [0.5, 0.6) is 5.75 Å². The second-order valence-electron chi connectivity index (χ2n) is 12.3. The molecule has 1 aliphatic rings. The number of carbonyl (C=O) groups excluding carboxylic acids is 2. The molecule has 0 spiro atoms. The number of rotatable bonds is 13. The molecule has 2 amide bonds. The number of likely N-dealkylation sites (tertiary alicyclic amines) is 1. The molecule has 0 aliphatic carbocycles. The number of benzene rings is 4. The maximum Gasteiger partial charge on any atom is 0.407 e. The lowest BCUT2D eigenvalue weighted by atomic mass is 9.96. The molecule has 1 N–H and O–H groups in total. The SMILES string of the molecule is Cc1ccc(S(=O)(=O)N(C)CC(=O)N(CC2CCN(C(=O)O)CC2)c2ccc(C(=O)OCc3ccccc3)c(OCc3ccccc3)c2)cc1. The lowest BCUT2D eigenvalue weighted by molar-refractivity contribution is -0.118. The molecule has 4 aromatic carbocycles. The number of piperidine rings is 1. The molecule has 50 heavy (non-hydrogen) atoms. The van der Waals surface area contributed by atoms with E-state index >= 15 is 0 Å².